The van der Waals surface area contributed by atoms with Gasteiger partial charge in [-0.05, 0) is 129 Å². The molecule has 2 aromatic carbocycles. The van der Waals surface area contributed by atoms with Crippen LogP contribution >= 0.6 is 15.9 Å². The number of aryl methyl sites for hydroxylation is 4. The van der Waals surface area contributed by atoms with Gasteiger partial charge in [0.25, 0.3) is 0 Å². The zero-order valence-electron chi connectivity index (χ0n) is 59.6. The van der Waals surface area contributed by atoms with Crippen LogP contribution in [0.4, 0.5) is 11.4 Å². The highest BCUT2D eigenvalue weighted by Gasteiger charge is 2.51. The highest BCUT2D eigenvalue weighted by Crippen LogP contribution is 2.37. The average Bonchev–Trinajstić information content (AvgIpc) is 1.60. The minimum atomic E-state index is -0.292. The Morgan fingerprint density at radius 1 is 0.438 bits per heavy atom. The highest BCUT2D eigenvalue weighted by molar-refractivity contribution is 9.10. The van der Waals surface area contributed by atoms with E-state index in [2.05, 4.69) is 151 Å². The van der Waals surface area contributed by atoms with Crippen molar-refractivity contribution in [2.45, 2.75) is 245 Å². The summed E-state index contributed by atoms with van der Waals surface area (Å²) in [5.74, 6) is 3.78. The third-order valence-corrected chi connectivity index (χ3v) is 20.9. The molecule has 0 bridgehead atoms. The number of anilines is 2. The van der Waals surface area contributed by atoms with E-state index in [0.29, 0.717) is 0 Å². The molecule has 3 saturated heterocycles. The average molecular weight is 1380 g/mol. The molecule has 8 aromatic rings. The Morgan fingerprint density at radius 2 is 0.823 bits per heavy atom. The maximum Gasteiger partial charge on any atom is 0.494 e. The van der Waals surface area contributed by atoms with Crippen molar-refractivity contribution in [3.63, 3.8) is 0 Å². The fraction of sp³-hybridized carbons (Fsp3) is 0.615. The predicted molar refractivity (Wildman–Crippen MR) is 398 cm³/mol. The van der Waals surface area contributed by atoms with Crippen LogP contribution in [0.15, 0.2) is 124 Å². The Morgan fingerprint density at radius 3 is 1.24 bits per heavy atom. The Balaban J connectivity index is 0.000000183. The van der Waals surface area contributed by atoms with E-state index in [0.717, 1.165) is 120 Å². The molecule has 18 heteroatoms. The summed E-state index contributed by atoms with van der Waals surface area (Å²) < 4.78 is 27.9. The Hall–Kier alpha value is -5.92. The Labute approximate surface area is 584 Å². The molecule has 0 aliphatic carbocycles. The van der Waals surface area contributed by atoms with Crippen molar-refractivity contribution < 1.29 is 18.1 Å². The molecule has 3 aliphatic heterocycles. The summed E-state index contributed by atoms with van der Waals surface area (Å²) in [6, 6.07) is 25.5. The second-order valence-electron chi connectivity index (χ2n) is 28.2. The van der Waals surface area contributed by atoms with Gasteiger partial charge in [0.2, 0.25) is 0 Å². The van der Waals surface area contributed by atoms with Crippen molar-refractivity contribution in [1.82, 2.24) is 49.0 Å². The van der Waals surface area contributed by atoms with Gasteiger partial charge in [0.05, 0.1) is 28.2 Å². The maximum absolute atomic E-state index is 6.21. The summed E-state index contributed by atoms with van der Waals surface area (Å²) in [5.41, 5.74) is 6.90. The van der Waals surface area contributed by atoms with Gasteiger partial charge in [0, 0.05) is 107 Å². The van der Waals surface area contributed by atoms with Crippen molar-refractivity contribution in [3.8, 4) is 11.1 Å². The molecule has 96 heavy (non-hydrogen) atoms. The van der Waals surface area contributed by atoms with Crippen LogP contribution < -0.4 is 15.3 Å². The standard InChI is InChI=1S/C36H52N6O.C31H55BN2O2.C11H9BrN4O/c1-2-3-4-5-6-7-8-9-10-11-12-13-14-23-40-24-26-41(27-25-40)32-19-17-31(18-20-32)34-29-37-35(42-30-38-39-36(34)42)22-21-33-16-15-28-43-33;1-6-7-8-9-10-11-12-13-14-15-16-17-18-23-33-24-26-34(27-25-33)29-21-19-28(20-22-29)32-35-30(2,3)31(4,5)36-32;12-9-6-13-10(16-7-14-15-11(9)16)4-3-8-2-1-5-17-8/h15-20,28-30H,2-14,21-27H2,1H3;19-22H,6-18,23-27H2,1-5H3;1-2,5-7H,3-4H2. The first kappa shape index (κ1) is 74.3. The monoisotopic (exact) mass is 1370 g/mol. The maximum atomic E-state index is 6.21. The first-order valence-corrected chi connectivity index (χ1v) is 38.3. The van der Waals surface area contributed by atoms with Gasteiger partial charge in [-0.25, -0.2) is 9.97 Å². The van der Waals surface area contributed by atoms with Gasteiger partial charge in [-0.1, -0.05) is 192 Å². The molecule has 0 unspecified atom stereocenters. The summed E-state index contributed by atoms with van der Waals surface area (Å²) in [6.45, 7) is 24.7. The molecule has 0 atom stereocenters. The van der Waals surface area contributed by atoms with Crippen LogP contribution in [0.25, 0.3) is 22.4 Å². The van der Waals surface area contributed by atoms with E-state index >= 15 is 0 Å². The van der Waals surface area contributed by atoms with Crippen LogP contribution in [0.3, 0.4) is 0 Å². The smallest absolute Gasteiger partial charge is 0.469 e. The number of piperazine rings is 2. The molecule has 16 nitrogen and oxygen atoms in total. The minimum absolute atomic E-state index is 0.277. The largest absolute Gasteiger partial charge is 0.494 e. The fourth-order valence-electron chi connectivity index (χ4n) is 13.5. The molecular weight excluding hydrogens is 1260 g/mol. The SMILES string of the molecule is Brc1cnc(CCc2ccco2)n2cnnc12.CCCCCCCCCCCCCCCN1CCN(c2ccc(-c3cnc(CCc4ccco4)n4cnnc34)cc2)CC1.CCCCCCCCCCCCCCCN1CCN(c2ccc(B3OC(C)(C)C(C)(C)O3)cc2)CC1. The van der Waals surface area contributed by atoms with E-state index in [1.807, 2.05) is 39.3 Å². The van der Waals surface area contributed by atoms with Gasteiger partial charge in [0.15, 0.2) is 11.3 Å². The van der Waals surface area contributed by atoms with E-state index in [-0.39, 0.29) is 18.3 Å². The molecule has 0 saturated carbocycles. The first-order chi connectivity index (χ1) is 47.0. The molecule has 3 fully saturated rings. The molecule has 11 rings (SSSR count). The number of aromatic nitrogens is 8. The lowest BCUT2D eigenvalue weighted by atomic mass is 9.79. The number of hydrogen-bond donors (Lipinski definition) is 0. The fourth-order valence-corrected chi connectivity index (χ4v) is 13.9. The van der Waals surface area contributed by atoms with Crippen molar-refractivity contribution in [1.29, 1.82) is 0 Å². The van der Waals surface area contributed by atoms with Crippen LogP contribution in [-0.2, 0) is 35.0 Å². The summed E-state index contributed by atoms with van der Waals surface area (Å²) in [6.07, 6.45) is 50.7. The highest BCUT2D eigenvalue weighted by atomic mass is 79.9. The number of fused-ring (bicyclic) bond motifs is 2. The number of rotatable bonds is 38. The number of furan rings is 2. The lowest BCUT2D eigenvalue weighted by Gasteiger charge is -2.36. The van der Waals surface area contributed by atoms with E-state index in [4.69, 9.17) is 23.1 Å². The molecule has 9 heterocycles. The summed E-state index contributed by atoms with van der Waals surface area (Å²) in [5, 5.41) is 16.5. The number of hydrogen-bond acceptors (Lipinski definition) is 14. The minimum Gasteiger partial charge on any atom is -0.469 e. The number of benzene rings is 2. The van der Waals surface area contributed by atoms with Gasteiger partial charge in [-0.3, -0.25) is 18.6 Å². The van der Waals surface area contributed by atoms with Crippen LogP contribution in [0, 0.1) is 0 Å². The van der Waals surface area contributed by atoms with Gasteiger partial charge in [0.1, 0.15) is 35.8 Å². The van der Waals surface area contributed by atoms with Gasteiger partial charge >= 0.3 is 7.12 Å². The normalized spacial score (nSPS) is 15.8. The summed E-state index contributed by atoms with van der Waals surface area (Å²) in [7, 11) is -0.277. The molecule has 0 radical (unpaired) electrons. The van der Waals surface area contributed by atoms with Crippen LogP contribution in [0.5, 0.6) is 0 Å². The molecule has 0 amide bonds. The predicted octanol–water partition coefficient (Wildman–Crippen LogP) is 17.8. The molecular formula is C78H116BBrN12O4. The third kappa shape index (κ3) is 23.4. The molecule has 0 spiro atoms. The van der Waals surface area contributed by atoms with Crippen LogP contribution in [0.2, 0.25) is 0 Å². The topological polar surface area (TPSA) is 144 Å². The zero-order valence-corrected chi connectivity index (χ0v) is 61.2. The van der Waals surface area contributed by atoms with E-state index in [9.17, 15) is 0 Å². The van der Waals surface area contributed by atoms with Crippen molar-refractivity contribution in [2.24, 2.45) is 0 Å². The van der Waals surface area contributed by atoms with Crippen LogP contribution in [-0.4, -0.2) is 133 Å². The van der Waals surface area contributed by atoms with E-state index in [1.165, 1.54) is 204 Å². The number of halogens is 1. The van der Waals surface area contributed by atoms with E-state index < -0.39 is 0 Å². The summed E-state index contributed by atoms with van der Waals surface area (Å²) >= 11 is 3.40. The zero-order chi connectivity index (χ0) is 67.1. The first-order valence-electron chi connectivity index (χ1n) is 37.5. The van der Waals surface area contributed by atoms with Gasteiger partial charge in [-0.2, -0.15) is 0 Å². The number of nitrogens with zero attached hydrogens (tertiary/aromatic N) is 12. The second kappa shape index (κ2) is 40.2. The molecule has 6 aromatic heterocycles. The number of unbranched alkanes of at least 4 members (excludes halogenated alkanes) is 24. The molecule has 3 aliphatic rings. The van der Waals surface area contributed by atoms with E-state index in [1.54, 1.807) is 31.4 Å². The third-order valence-electron chi connectivity index (χ3n) is 20.4. The van der Waals surface area contributed by atoms with Crippen molar-refractivity contribution in [2.75, 3.05) is 75.2 Å². The molecule has 0 N–H and O–H groups in total. The van der Waals surface area contributed by atoms with Crippen molar-refractivity contribution >= 4 is 51.2 Å². The van der Waals surface area contributed by atoms with Gasteiger partial charge in [-0.15, -0.1) is 20.4 Å². The quantitative estimate of drug-likeness (QED) is 0.0267. The lowest BCUT2D eigenvalue weighted by Crippen LogP contribution is -2.46. The van der Waals surface area contributed by atoms with Gasteiger partial charge < -0.3 is 27.9 Å². The Kier molecular flexibility index (Phi) is 31.1. The second-order valence-corrected chi connectivity index (χ2v) is 29.0. The van der Waals surface area contributed by atoms with Crippen molar-refractivity contribution in [3.05, 3.63) is 138 Å². The molecule has 522 valence electrons. The lowest BCUT2D eigenvalue weighted by molar-refractivity contribution is 0.00578. The van der Waals surface area contributed by atoms with Crippen LogP contribution in [0.1, 0.15) is 232 Å². The summed E-state index contributed by atoms with van der Waals surface area (Å²) in [4.78, 5) is 19.5. The Bertz CT molecular complexity index is 3340.